The van der Waals surface area contributed by atoms with E-state index in [2.05, 4.69) is 20.9 Å². The van der Waals surface area contributed by atoms with Crippen LogP contribution < -0.4 is 5.73 Å². The molecule has 0 bridgehead atoms. The molecule has 0 radical (unpaired) electrons. The zero-order valence-electron chi connectivity index (χ0n) is 8.82. The van der Waals surface area contributed by atoms with E-state index in [1.165, 1.54) is 0 Å². The second-order valence-corrected chi connectivity index (χ2v) is 4.65. The Hall–Kier alpha value is -1.01. The van der Waals surface area contributed by atoms with Gasteiger partial charge in [0.2, 0.25) is 0 Å². The molecule has 0 amide bonds. The van der Waals surface area contributed by atoms with Crippen LogP contribution in [-0.4, -0.2) is 25.0 Å². The molecule has 0 aliphatic carbocycles. The van der Waals surface area contributed by atoms with Crippen LogP contribution in [0.5, 0.6) is 0 Å². The van der Waals surface area contributed by atoms with E-state index in [1.54, 1.807) is 18.2 Å². The Balaban J connectivity index is 2.35. The molecule has 2 N–H and O–H groups in total. The molecule has 1 aromatic carbocycles. The Morgan fingerprint density at radius 3 is 2.88 bits per heavy atom. The van der Waals surface area contributed by atoms with E-state index in [0.717, 1.165) is 4.47 Å². The number of benzene rings is 1. The predicted octanol–water partition coefficient (Wildman–Crippen LogP) is 2.51. The van der Waals surface area contributed by atoms with E-state index in [0.29, 0.717) is 5.56 Å². The van der Waals surface area contributed by atoms with Gasteiger partial charge in [-0.05, 0) is 17.7 Å². The first-order valence-corrected chi connectivity index (χ1v) is 5.84. The van der Waals surface area contributed by atoms with Crippen molar-refractivity contribution in [2.24, 2.45) is 10.7 Å². The molecule has 0 aromatic heterocycles. The minimum atomic E-state index is -2.59. The summed E-state index contributed by atoms with van der Waals surface area (Å²) in [5, 5.41) is 0. The van der Waals surface area contributed by atoms with Crippen LogP contribution in [0.4, 0.5) is 8.78 Å². The van der Waals surface area contributed by atoms with Crippen molar-refractivity contribution in [3.05, 3.63) is 34.3 Å². The van der Waals surface area contributed by atoms with Crippen molar-refractivity contribution in [1.29, 1.82) is 0 Å². The number of nitrogens with two attached hydrogens (primary N) is 1. The standard InChI is InChI=1S/C11H11BrF2N2O/c12-7-3-1-2-6(4-7)9-10(11(13)14)17-5-8(15)16-9/h1-4,9-11H,5H2,(H2,15,16). The van der Waals surface area contributed by atoms with Crippen molar-refractivity contribution in [2.75, 3.05) is 6.61 Å². The van der Waals surface area contributed by atoms with E-state index < -0.39 is 18.6 Å². The molecule has 0 saturated heterocycles. The number of ether oxygens (including phenoxy) is 1. The monoisotopic (exact) mass is 304 g/mol. The summed E-state index contributed by atoms with van der Waals surface area (Å²) in [4.78, 5) is 4.06. The molecular weight excluding hydrogens is 294 g/mol. The molecule has 0 saturated carbocycles. The molecule has 0 fully saturated rings. The average molecular weight is 305 g/mol. The zero-order chi connectivity index (χ0) is 12.4. The van der Waals surface area contributed by atoms with Crippen LogP contribution in [0.15, 0.2) is 33.7 Å². The molecule has 6 heteroatoms. The minimum absolute atomic E-state index is 0.0422. The Kier molecular flexibility index (Phi) is 3.73. The van der Waals surface area contributed by atoms with Crippen molar-refractivity contribution in [3.8, 4) is 0 Å². The summed E-state index contributed by atoms with van der Waals surface area (Å²) in [6, 6.07) is 6.31. The Bertz CT molecular complexity index is 439. The second kappa shape index (κ2) is 5.10. The van der Waals surface area contributed by atoms with Crippen molar-refractivity contribution in [2.45, 2.75) is 18.6 Å². The highest BCUT2D eigenvalue weighted by molar-refractivity contribution is 9.10. The van der Waals surface area contributed by atoms with Gasteiger partial charge in [0.25, 0.3) is 6.43 Å². The number of hydrogen-bond acceptors (Lipinski definition) is 3. The average Bonchev–Trinajstić information content (AvgIpc) is 2.28. The summed E-state index contributed by atoms with van der Waals surface area (Å²) in [7, 11) is 0. The van der Waals surface area contributed by atoms with E-state index in [9.17, 15) is 8.78 Å². The maximum Gasteiger partial charge on any atom is 0.266 e. The van der Waals surface area contributed by atoms with Crippen LogP contribution in [0, 0.1) is 0 Å². The van der Waals surface area contributed by atoms with Gasteiger partial charge in [-0.25, -0.2) is 8.78 Å². The Morgan fingerprint density at radius 2 is 2.24 bits per heavy atom. The van der Waals surface area contributed by atoms with Gasteiger partial charge >= 0.3 is 0 Å². The van der Waals surface area contributed by atoms with Crippen LogP contribution >= 0.6 is 15.9 Å². The van der Waals surface area contributed by atoms with Gasteiger partial charge in [-0.1, -0.05) is 28.1 Å². The number of rotatable bonds is 2. The topological polar surface area (TPSA) is 47.6 Å². The number of amidine groups is 1. The smallest absolute Gasteiger partial charge is 0.266 e. The third-order valence-corrected chi connectivity index (χ3v) is 2.97. The highest BCUT2D eigenvalue weighted by Crippen LogP contribution is 2.31. The van der Waals surface area contributed by atoms with Gasteiger partial charge in [-0.15, -0.1) is 0 Å². The lowest BCUT2D eigenvalue weighted by atomic mass is 10.0. The molecule has 17 heavy (non-hydrogen) atoms. The van der Waals surface area contributed by atoms with Crippen LogP contribution in [0.25, 0.3) is 0 Å². The lowest BCUT2D eigenvalue weighted by Crippen LogP contribution is -2.38. The lowest BCUT2D eigenvalue weighted by molar-refractivity contribution is -0.0617. The largest absolute Gasteiger partial charge is 0.386 e. The molecule has 92 valence electrons. The van der Waals surface area contributed by atoms with E-state index >= 15 is 0 Å². The highest BCUT2D eigenvalue weighted by Gasteiger charge is 2.34. The van der Waals surface area contributed by atoms with Gasteiger partial charge in [0, 0.05) is 4.47 Å². The summed E-state index contributed by atoms with van der Waals surface area (Å²) >= 11 is 3.29. The molecule has 3 nitrogen and oxygen atoms in total. The fourth-order valence-corrected chi connectivity index (χ4v) is 2.14. The van der Waals surface area contributed by atoms with E-state index in [-0.39, 0.29) is 12.4 Å². The fraction of sp³-hybridized carbons (Fsp3) is 0.364. The predicted molar refractivity (Wildman–Crippen MR) is 64.2 cm³/mol. The summed E-state index contributed by atoms with van der Waals surface area (Å²) in [5.41, 5.74) is 6.19. The van der Waals surface area contributed by atoms with Crippen LogP contribution in [0.1, 0.15) is 11.6 Å². The Morgan fingerprint density at radius 1 is 1.47 bits per heavy atom. The van der Waals surface area contributed by atoms with Gasteiger partial charge in [0.15, 0.2) is 0 Å². The maximum absolute atomic E-state index is 12.8. The summed E-state index contributed by atoms with van der Waals surface area (Å²) in [6.45, 7) is -0.0422. The molecule has 2 atom stereocenters. The molecule has 1 aliphatic heterocycles. The van der Waals surface area contributed by atoms with Crippen molar-refractivity contribution in [3.63, 3.8) is 0 Å². The minimum Gasteiger partial charge on any atom is -0.386 e. The number of hydrogen-bond donors (Lipinski definition) is 1. The first-order chi connectivity index (χ1) is 8.08. The van der Waals surface area contributed by atoms with Gasteiger partial charge in [-0.3, -0.25) is 4.99 Å². The van der Waals surface area contributed by atoms with Crippen molar-refractivity contribution >= 4 is 21.8 Å². The van der Waals surface area contributed by atoms with E-state index in [1.807, 2.05) is 6.07 Å². The molecule has 1 aliphatic rings. The molecule has 1 heterocycles. The quantitative estimate of drug-likeness (QED) is 0.912. The third kappa shape index (κ3) is 2.81. The molecule has 0 spiro atoms. The van der Waals surface area contributed by atoms with Crippen LogP contribution in [0.2, 0.25) is 0 Å². The molecule has 1 aromatic rings. The molecule has 2 rings (SSSR count). The summed E-state index contributed by atoms with van der Waals surface area (Å²) in [5.74, 6) is 0.242. The van der Waals surface area contributed by atoms with Crippen molar-refractivity contribution < 1.29 is 13.5 Å². The highest BCUT2D eigenvalue weighted by atomic mass is 79.9. The fourth-order valence-electron chi connectivity index (χ4n) is 1.73. The maximum atomic E-state index is 12.8. The molecule has 2 unspecified atom stereocenters. The second-order valence-electron chi connectivity index (χ2n) is 3.73. The van der Waals surface area contributed by atoms with Crippen LogP contribution in [0.3, 0.4) is 0 Å². The summed E-state index contributed by atoms with van der Waals surface area (Å²) < 4.78 is 31.5. The number of halogens is 3. The number of aliphatic imine (C=N–C) groups is 1. The first kappa shape index (κ1) is 12.4. The lowest BCUT2D eigenvalue weighted by Gasteiger charge is -2.28. The number of nitrogens with zero attached hydrogens (tertiary/aromatic N) is 1. The van der Waals surface area contributed by atoms with Crippen molar-refractivity contribution in [1.82, 2.24) is 0 Å². The van der Waals surface area contributed by atoms with E-state index in [4.69, 9.17) is 10.5 Å². The first-order valence-electron chi connectivity index (χ1n) is 5.05. The van der Waals surface area contributed by atoms with Gasteiger partial charge < -0.3 is 10.5 Å². The normalized spacial score (nSPS) is 24.8. The van der Waals surface area contributed by atoms with Gasteiger partial charge in [0.1, 0.15) is 24.6 Å². The van der Waals surface area contributed by atoms with Crippen LogP contribution in [-0.2, 0) is 4.74 Å². The van der Waals surface area contributed by atoms with Gasteiger partial charge in [-0.2, -0.15) is 0 Å². The molecular formula is C11H11BrF2N2O. The number of alkyl halides is 2. The summed E-state index contributed by atoms with van der Waals surface area (Å²) in [6.07, 6.45) is -3.83. The third-order valence-electron chi connectivity index (χ3n) is 2.48. The Labute approximate surface area is 106 Å². The SMILES string of the molecule is NC1=NC(c2cccc(Br)c2)C(C(F)F)OC1. The zero-order valence-corrected chi connectivity index (χ0v) is 10.4. The van der Waals surface area contributed by atoms with Gasteiger partial charge in [0.05, 0.1) is 0 Å².